The van der Waals surface area contributed by atoms with Crippen molar-refractivity contribution in [2.45, 2.75) is 136 Å². The van der Waals surface area contributed by atoms with E-state index in [-0.39, 0.29) is 0 Å². The molecule has 0 spiro atoms. The van der Waals surface area contributed by atoms with Gasteiger partial charge in [-0.3, -0.25) is 0 Å². The molecule has 1 aliphatic heterocycles. The van der Waals surface area contributed by atoms with Gasteiger partial charge < -0.3 is 9.80 Å². The van der Waals surface area contributed by atoms with Crippen molar-refractivity contribution in [2.75, 3.05) is 6.54 Å². The first kappa shape index (κ1) is 23.4. The highest BCUT2D eigenvalue weighted by atomic mass is 15.4. The highest BCUT2D eigenvalue weighted by molar-refractivity contribution is 4.98. The Balaban J connectivity index is 2.04. The lowest BCUT2D eigenvalue weighted by Gasteiger charge is -2.35. The summed E-state index contributed by atoms with van der Waals surface area (Å²) in [6, 6.07) is 0.611. The molecule has 1 atom stereocenters. The van der Waals surface area contributed by atoms with E-state index in [2.05, 4.69) is 49.9 Å². The van der Waals surface area contributed by atoms with Gasteiger partial charge in [-0.2, -0.15) is 0 Å². The number of unbranched alkanes of at least 4 members (excludes halogenated alkanes) is 12. The molecule has 0 aromatic carbocycles. The Morgan fingerprint density at radius 1 is 0.654 bits per heavy atom. The highest BCUT2D eigenvalue weighted by Crippen LogP contribution is 2.24. The summed E-state index contributed by atoms with van der Waals surface area (Å²) in [5.74, 6) is 0. The average molecular weight is 365 g/mol. The van der Waals surface area contributed by atoms with E-state index in [0.717, 1.165) is 0 Å². The third-order valence-electron chi connectivity index (χ3n) is 5.84. The van der Waals surface area contributed by atoms with Crippen LogP contribution in [0.1, 0.15) is 124 Å². The molecule has 0 saturated heterocycles. The maximum absolute atomic E-state index is 2.59. The Kier molecular flexibility index (Phi) is 13.9. The maximum Gasteiger partial charge on any atom is 0.101 e. The van der Waals surface area contributed by atoms with Crippen LogP contribution in [0.2, 0.25) is 0 Å². The van der Waals surface area contributed by atoms with Crippen molar-refractivity contribution in [3.8, 4) is 0 Å². The minimum atomic E-state index is 0.611. The van der Waals surface area contributed by atoms with E-state index in [1.165, 1.54) is 103 Å². The number of hydrogen-bond acceptors (Lipinski definition) is 2. The first-order valence-corrected chi connectivity index (χ1v) is 11.9. The topological polar surface area (TPSA) is 6.48 Å². The third-order valence-corrected chi connectivity index (χ3v) is 5.84. The molecule has 2 heteroatoms. The van der Waals surface area contributed by atoms with Crippen LogP contribution < -0.4 is 0 Å². The maximum atomic E-state index is 2.59. The van der Waals surface area contributed by atoms with Crippen LogP contribution in [-0.4, -0.2) is 28.6 Å². The van der Waals surface area contributed by atoms with E-state index in [4.69, 9.17) is 0 Å². The fourth-order valence-electron chi connectivity index (χ4n) is 4.10. The van der Waals surface area contributed by atoms with Crippen molar-refractivity contribution in [1.82, 2.24) is 9.80 Å². The largest absolute Gasteiger partial charge is 0.356 e. The molecule has 0 aliphatic carbocycles. The minimum Gasteiger partial charge on any atom is -0.356 e. The molecular formula is C24H48N2. The zero-order chi connectivity index (χ0) is 19.0. The molecule has 0 bridgehead atoms. The summed E-state index contributed by atoms with van der Waals surface area (Å²) in [6.45, 7) is 10.5. The monoisotopic (exact) mass is 364 g/mol. The van der Waals surface area contributed by atoms with Gasteiger partial charge in [0, 0.05) is 25.0 Å². The Morgan fingerprint density at radius 3 is 1.65 bits per heavy atom. The molecule has 1 unspecified atom stereocenters. The normalized spacial score (nSPS) is 17.0. The van der Waals surface area contributed by atoms with Crippen molar-refractivity contribution in [2.24, 2.45) is 0 Å². The molecule has 0 aromatic rings. The van der Waals surface area contributed by atoms with Crippen molar-refractivity contribution in [3.05, 3.63) is 12.4 Å². The molecule has 2 nitrogen and oxygen atoms in total. The van der Waals surface area contributed by atoms with Gasteiger partial charge in [0.05, 0.1) is 0 Å². The molecule has 1 rings (SSSR count). The van der Waals surface area contributed by atoms with Gasteiger partial charge in [-0.1, -0.05) is 90.9 Å². The summed E-state index contributed by atoms with van der Waals surface area (Å²) in [7, 11) is 0. The lowest BCUT2D eigenvalue weighted by Crippen LogP contribution is -2.42. The molecule has 0 radical (unpaired) electrons. The van der Waals surface area contributed by atoms with Gasteiger partial charge in [-0.05, 0) is 33.1 Å². The van der Waals surface area contributed by atoms with Crippen LogP contribution in [0.15, 0.2) is 12.4 Å². The summed E-state index contributed by atoms with van der Waals surface area (Å²) in [5, 5.41) is 0. The summed E-state index contributed by atoms with van der Waals surface area (Å²) in [5.41, 5.74) is 0. The number of rotatable bonds is 17. The second-order valence-corrected chi connectivity index (χ2v) is 8.59. The van der Waals surface area contributed by atoms with Crippen LogP contribution >= 0.6 is 0 Å². The van der Waals surface area contributed by atoms with Crippen LogP contribution in [0.25, 0.3) is 0 Å². The summed E-state index contributed by atoms with van der Waals surface area (Å²) in [4.78, 5) is 5.15. The van der Waals surface area contributed by atoms with E-state index >= 15 is 0 Å². The molecule has 0 fully saturated rings. The number of nitrogens with zero attached hydrogens (tertiary/aromatic N) is 2. The number of hydrogen-bond donors (Lipinski definition) is 0. The van der Waals surface area contributed by atoms with Crippen LogP contribution in [0.5, 0.6) is 0 Å². The van der Waals surface area contributed by atoms with E-state index in [0.29, 0.717) is 12.2 Å². The summed E-state index contributed by atoms with van der Waals surface area (Å²) < 4.78 is 0. The van der Waals surface area contributed by atoms with Gasteiger partial charge in [0.1, 0.15) is 6.17 Å². The van der Waals surface area contributed by atoms with Gasteiger partial charge >= 0.3 is 0 Å². The second kappa shape index (κ2) is 15.4. The Bertz CT molecular complexity index is 337. The first-order chi connectivity index (χ1) is 12.7. The van der Waals surface area contributed by atoms with E-state index in [1.807, 2.05) is 0 Å². The predicted molar refractivity (Wildman–Crippen MR) is 117 cm³/mol. The minimum absolute atomic E-state index is 0.611. The van der Waals surface area contributed by atoms with Crippen molar-refractivity contribution < 1.29 is 0 Å². The smallest absolute Gasteiger partial charge is 0.101 e. The zero-order valence-electron chi connectivity index (χ0n) is 18.5. The first-order valence-electron chi connectivity index (χ1n) is 11.9. The van der Waals surface area contributed by atoms with Crippen LogP contribution in [-0.2, 0) is 0 Å². The molecule has 0 aromatic heterocycles. The molecule has 0 amide bonds. The molecule has 0 saturated carbocycles. The van der Waals surface area contributed by atoms with Crippen LogP contribution in [0.3, 0.4) is 0 Å². The second-order valence-electron chi connectivity index (χ2n) is 8.59. The predicted octanol–water partition coefficient (Wildman–Crippen LogP) is 7.70. The van der Waals surface area contributed by atoms with Crippen molar-refractivity contribution in [3.63, 3.8) is 0 Å². The Morgan fingerprint density at radius 2 is 1.15 bits per heavy atom. The molecular weight excluding hydrogens is 316 g/mol. The lowest BCUT2D eigenvalue weighted by atomic mass is 10.0. The van der Waals surface area contributed by atoms with E-state index < -0.39 is 0 Å². The molecule has 26 heavy (non-hydrogen) atoms. The van der Waals surface area contributed by atoms with Gasteiger partial charge in [0.25, 0.3) is 0 Å². The fraction of sp³-hybridized carbons (Fsp3) is 0.917. The van der Waals surface area contributed by atoms with Crippen LogP contribution in [0.4, 0.5) is 0 Å². The van der Waals surface area contributed by atoms with Gasteiger partial charge in [-0.15, -0.1) is 0 Å². The molecule has 1 heterocycles. The fourth-order valence-corrected chi connectivity index (χ4v) is 4.10. The zero-order valence-corrected chi connectivity index (χ0v) is 18.5. The van der Waals surface area contributed by atoms with Gasteiger partial charge in [0.15, 0.2) is 0 Å². The van der Waals surface area contributed by atoms with Gasteiger partial charge in [-0.25, -0.2) is 0 Å². The summed E-state index contributed by atoms with van der Waals surface area (Å²) in [6.07, 6.45) is 26.5. The van der Waals surface area contributed by atoms with Crippen molar-refractivity contribution >= 4 is 0 Å². The van der Waals surface area contributed by atoms with E-state index in [9.17, 15) is 0 Å². The highest BCUT2D eigenvalue weighted by Gasteiger charge is 2.26. The van der Waals surface area contributed by atoms with Crippen LogP contribution in [0, 0.1) is 0 Å². The molecule has 1 aliphatic rings. The molecule has 0 N–H and O–H groups in total. The lowest BCUT2D eigenvalue weighted by molar-refractivity contribution is 0.114. The average Bonchev–Trinajstić information content (AvgIpc) is 3.04. The van der Waals surface area contributed by atoms with E-state index in [1.54, 1.807) is 0 Å². The Hall–Kier alpha value is -0.660. The van der Waals surface area contributed by atoms with Gasteiger partial charge in [0.2, 0.25) is 0 Å². The SMILES string of the molecule is CCCCCCCCCCCCCCC1N(CCCC)C=CN1C(C)C. The standard InChI is InChI=1S/C24H48N2/c1-5-7-9-10-11-12-13-14-15-16-17-18-19-24-25(20-8-6-2)21-22-26(24)23(3)4/h21-24H,5-20H2,1-4H3. The Labute approximate surface area is 165 Å². The molecule has 154 valence electrons. The summed E-state index contributed by atoms with van der Waals surface area (Å²) >= 11 is 0. The quantitative estimate of drug-likeness (QED) is 0.244. The third kappa shape index (κ3) is 9.88. The van der Waals surface area contributed by atoms with Crippen molar-refractivity contribution in [1.29, 1.82) is 0 Å².